The van der Waals surface area contributed by atoms with Gasteiger partial charge in [-0.15, -0.1) is 0 Å². The quantitative estimate of drug-likeness (QED) is 0.620. The van der Waals surface area contributed by atoms with Crippen LogP contribution in [0.2, 0.25) is 0 Å². The summed E-state index contributed by atoms with van der Waals surface area (Å²) in [6.07, 6.45) is -5.98. The number of aliphatic hydroxyl groups is 1. The number of carbonyl (C=O) groups is 1. The third kappa shape index (κ3) is 4.77. The molecule has 3 rings (SSSR count). The first kappa shape index (κ1) is 23.3. The van der Waals surface area contributed by atoms with Crippen molar-refractivity contribution >= 4 is 27.5 Å². The van der Waals surface area contributed by atoms with Gasteiger partial charge in [0.25, 0.3) is 11.6 Å². The van der Waals surface area contributed by atoms with E-state index < -0.39 is 30.8 Å². The molecule has 0 saturated carbocycles. The van der Waals surface area contributed by atoms with Gasteiger partial charge in [0.1, 0.15) is 5.75 Å². The number of alkyl halides is 3. The molecule has 2 aromatic rings. The number of nitrogens with zero attached hydrogens (tertiary/aromatic N) is 2. The number of aryl methyl sites for hydroxylation is 1. The van der Waals surface area contributed by atoms with Gasteiger partial charge >= 0.3 is 6.18 Å². The van der Waals surface area contributed by atoms with E-state index in [-0.39, 0.29) is 16.6 Å². The highest BCUT2D eigenvalue weighted by molar-refractivity contribution is 9.10. The Bertz CT molecular complexity index is 1020. The van der Waals surface area contributed by atoms with Crippen LogP contribution in [0.1, 0.15) is 42.9 Å². The zero-order valence-corrected chi connectivity index (χ0v) is 18.8. The van der Waals surface area contributed by atoms with Crippen molar-refractivity contribution in [1.29, 1.82) is 0 Å². The van der Waals surface area contributed by atoms with E-state index in [2.05, 4.69) is 21.0 Å². The summed E-state index contributed by atoms with van der Waals surface area (Å²) in [6.45, 7) is 5.03. The zero-order chi connectivity index (χ0) is 23.0. The first-order chi connectivity index (χ1) is 14.4. The first-order valence-electron chi connectivity index (χ1n) is 9.61. The molecule has 1 aliphatic heterocycles. The molecule has 1 N–H and O–H groups in total. The van der Waals surface area contributed by atoms with Gasteiger partial charge in [-0.2, -0.15) is 23.3 Å². The lowest BCUT2D eigenvalue weighted by Gasteiger charge is -2.32. The van der Waals surface area contributed by atoms with Crippen LogP contribution in [0.15, 0.2) is 52.0 Å². The van der Waals surface area contributed by atoms with Gasteiger partial charge in [0, 0.05) is 4.47 Å². The highest BCUT2D eigenvalue weighted by atomic mass is 79.9. The summed E-state index contributed by atoms with van der Waals surface area (Å²) < 4.78 is 47.4. The number of halogens is 4. The third-order valence-corrected chi connectivity index (χ3v) is 5.47. The van der Waals surface area contributed by atoms with Gasteiger partial charge in [0.2, 0.25) is 0 Å². The summed E-state index contributed by atoms with van der Waals surface area (Å²) in [6, 6.07) is 11.9. The topological polar surface area (TPSA) is 62.1 Å². The molecule has 1 aliphatic rings. The lowest BCUT2D eigenvalue weighted by molar-refractivity contribution is -0.302. The highest BCUT2D eigenvalue weighted by Crippen LogP contribution is 2.41. The van der Waals surface area contributed by atoms with Crippen LogP contribution >= 0.6 is 15.9 Å². The fourth-order valence-corrected chi connectivity index (χ4v) is 3.70. The summed E-state index contributed by atoms with van der Waals surface area (Å²) in [5.74, 6) is -0.596. The lowest BCUT2D eigenvalue weighted by Crippen LogP contribution is -2.57. The Morgan fingerprint density at radius 3 is 2.61 bits per heavy atom. The molecule has 0 fully saturated rings. The van der Waals surface area contributed by atoms with Gasteiger partial charge in [-0.25, -0.2) is 0 Å². The van der Waals surface area contributed by atoms with Crippen molar-refractivity contribution in [3.8, 4) is 5.75 Å². The number of benzene rings is 2. The van der Waals surface area contributed by atoms with E-state index in [1.54, 1.807) is 30.3 Å². The average Bonchev–Trinajstić information content (AvgIpc) is 3.05. The molecule has 0 bridgehead atoms. The summed E-state index contributed by atoms with van der Waals surface area (Å²) in [5.41, 5.74) is -1.42. The van der Waals surface area contributed by atoms with Gasteiger partial charge in [-0.05, 0) is 47.7 Å². The third-order valence-electron chi connectivity index (χ3n) is 4.98. The van der Waals surface area contributed by atoms with Crippen LogP contribution in [0.3, 0.4) is 0 Å². The molecule has 0 unspecified atom stereocenters. The van der Waals surface area contributed by atoms with Crippen LogP contribution in [-0.2, 0) is 4.79 Å². The summed E-state index contributed by atoms with van der Waals surface area (Å²) in [4.78, 5) is 12.7. The van der Waals surface area contributed by atoms with Crippen LogP contribution in [0, 0.1) is 6.92 Å². The first-order valence-corrected chi connectivity index (χ1v) is 10.4. The van der Waals surface area contributed by atoms with E-state index in [9.17, 15) is 23.1 Å². The lowest BCUT2D eigenvalue weighted by atomic mass is 10.0. The number of amides is 1. The number of hydrogen-bond donors (Lipinski definition) is 1. The molecule has 1 atom stereocenters. The molecule has 1 heterocycles. The summed E-state index contributed by atoms with van der Waals surface area (Å²) in [5, 5.41) is 14.4. The molecule has 0 aromatic heterocycles. The molecule has 31 heavy (non-hydrogen) atoms. The second-order valence-electron chi connectivity index (χ2n) is 7.74. The monoisotopic (exact) mass is 498 g/mol. The largest absolute Gasteiger partial charge is 0.483 e. The molecule has 0 aliphatic carbocycles. The molecular formula is C22H22BrF3N2O3. The van der Waals surface area contributed by atoms with Crippen LogP contribution in [-0.4, -0.2) is 40.2 Å². The normalized spacial score (nSPS) is 19.0. The van der Waals surface area contributed by atoms with Crippen LogP contribution < -0.4 is 4.74 Å². The van der Waals surface area contributed by atoms with Gasteiger partial charge in [-0.3, -0.25) is 4.79 Å². The van der Waals surface area contributed by atoms with E-state index in [4.69, 9.17) is 4.74 Å². The Morgan fingerprint density at radius 2 is 2.00 bits per heavy atom. The Hall–Kier alpha value is -2.39. The molecule has 5 nitrogen and oxygen atoms in total. The van der Waals surface area contributed by atoms with Crippen molar-refractivity contribution in [2.24, 2.45) is 5.10 Å². The minimum Gasteiger partial charge on any atom is -0.483 e. The highest BCUT2D eigenvalue weighted by Gasteiger charge is 2.63. The number of hydrazone groups is 1. The fourth-order valence-electron chi connectivity index (χ4n) is 3.30. The predicted molar refractivity (Wildman–Crippen MR) is 114 cm³/mol. The number of ether oxygens (including phenoxy) is 1. The zero-order valence-electron chi connectivity index (χ0n) is 17.2. The van der Waals surface area contributed by atoms with E-state index >= 15 is 0 Å². The average molecular weight is 499 g/mol. The maximum absolute atomic E-state index is 13.7. The van der Waals surface area contributed by atoms with Gasteiger partial charge in [0.15, 0.2) is 6.61 Å². The second-order valence-corrected chi connectivity index (χ2v) is 8.65. The molecule has 9 heteroatoms. The van der Waals surface area contributed by atoms with Crippen molar-refractivity contribution in [2.75, 3.05) is 6.61 Å². The number of rotatable bonds is 5. The predicted octanol–water partition coefficient (Wildman–Crippen LogP) is 5.15. The molecule has 0 radical (unpaired) electrons. The van der Waals surface area contributed by atoms with Crippen molar-refractivity contribution < 1.29 is 27.8 Å². The van der Waals surface area contributed by atoms with Crippen LogP contribution in [0.25, 0.3) is 0 Å². The molecule has 2 aromatic carbocycles. The van der Waals surface area contributed by atoms with Gasteiger partial charge < -0.3 is 9.84 Å². The van der Waals surface area contributed by atoms with Gasteiger partial charge in [0.05, 0.1) is 12.1 Å². The minimum absolute atomic E-state index is 0.0482. The summed E-state index contributed by atoms with van der Waals surface area (Å²) in [7, 11) is 0. The smallest absolute Gasteiger partial charge is 0.438 e. The maximum atomic E-state index is 13.7. The van der Waals surface area contributed by atoms with Crippen molar-refractivity contribution in [2.45, 2.75) is 45.0 Å². The molecule has 0 saturated heterocycles. The van der Waals surface area contributed by atoms with Crippen molar-refractivity contribution in [3.63, 3.8) is 0 Å². The Morgan fingerprint density at radius 1 is 1.29 bits per heavy atom. The van der Waals surface area contributed by atoms with E-state index in [0.29, 0.717) is 15.8 Å². The Kier molecular flexibility index (Phi) is 6.48. The molecule has 166 valence electrons. The standard InChI is InChI=1S/C22H22BrF3N2O3/c1-13(2)17-8-7-14(3)9-19(17)31-12-20(29)28-21(30,22(24,25)26)11-18(27-28)15-5-4-6-16(23)10-15/h4-10,13,30H,11-12H2,1-3H3/t21-/m1/s1. The molecule has 1 amide bonds. The minimum atomic E-state index is -5.10. The van der Waals surface area contributed by atoms with Crippen molar-refractivity contribution in [3.05, 3.63) is 63.6 Å². The van der Waals surface area contributed by atoms with E-state index in [0.717, 1.165) is 11.1 Å². The van der Waals surface area contributed by atoms with Crippen LogP contribution in [0.4, 0.5) is 13.2 Å². The summed E-state index contributed by atoms with van der Waals surface area (Å²) >= 11 is 3.26. The number of hydrogen-bond acceptors (Lipinski definition) is 4. The Balaban J connectivity index is 1.89. The second kappa shape index (κ2) is 8.63. The molecular weight excluding hydrogens is 477 g/mol. The van der Waals surface area contributed by atoms with E-state index in [1.165, 1.54) is 0 Å². The van der Waals surface area contributed by atoms with E-state index in [1.807, 2.05) is 32.9 Å². The number of carbonyl (C=O) groups excluding carboxylic acids is 1. The maximum Gasteiger partial charge on any atom is 0.438 e. The fraction of sp³-hybridized carbons (Fsp3) is 0.364. The SMILES string of the molecule is Cc1ccc(C(C)C)c(OCC(=O)N2N=C(c3cccc(Br)c3)C[C@@]2(O)C(F)(F)F)c1. The van der Waals surface area contributed by atoms with Crippen LogP contribution in [0.5, 0.6) is 5.75 Å². The molecule has 0 spiro atoms. The Labute approximate surface area is 186 Å². The van der Waals surface area contributed by atoms with Gasteiger partial charge in [-0.1, -0.05) is 54.0 Å². The van der Waals surface area contributed by atoms with Crippen molar-refractivity contribution in [1.82, 2.24) is 5.01 Å².